The summed E-state index contributed by atoms with van der Waals surface area (Å²) in [6.07, 6.45) is -3.55. The van der Waals surface area contributed by atoms with Gasteiger partial charge >= 0.3 is 11.9 Å². The van der Waals surface area contributed by atoms with Gasteiger partial charge in [0.05, 0.1) is 29.4 Å². The number of carbonyl (C=O) groups is 1. The predicted molar refractivity (Wildman–Crippen MR) is 139 cm³/mol. The van der Waals surface area contributed by atoms with Gasteiger partial charge in [0.25, 0.3) is 5.91 Å². The zero-order valence-corrected chi connectivity index (χ0v) is 21.3. The molecule has 0 aliphatic rings. The van der Waals surface area contributed by atoms with E-state index in [1.165, 1.54) is 16.6 Å². The molecule has 0 aliphatic heterocycles. The Morgan fingerprint density at radius 2 is 1.76 bits per heavy atom. The highest BCUT2D eigenvalue weighted by Crippen LogP contribution is 2.31. The van der Waals surface area contributed by atoms with E-state index in [2.05, 4.69) is 5.10 Å². The Labute approximate surface area is 218 Å². The molecule has 0 saturated heterocycles. The summed E-state index contributed by atoms with van der Waals surface area (Å²) in [5.41, 5.74) is 7.53. The Bertz CT molecular complexity index is 1460. The van der Waals surface area contributed by atoms with E-state index in [1.807, 2.05) is 43.3 Å². The standard InChI is InChI=1S/C28H30F3N5O2/c1-3-24(34(15-7-14-32)26(37)21-10-12-22(13-11-21)28(29,30)31)25-17-23-16-19(2)33-36(23)27(38)35(25)18-20-8-5-4-6-9-20/h4-6,8-13,16-17,24H,3,7,14-15,18,32H2,1-2H3. The number of hydrogen-bond acceptors (Lipinski definition) is 4. The molecule has 4 rings (SSSR count). The molecule has 2 N–H and O–H groups in total. The molecule has 0 saturated carbocycles. The number of aryl methyl sites for hydroxylation is 1. The maximum absolute atomic E-state index is 13.7. The second-order valence-corrected chi connectivity index (χ2v) is 9.19. The summed E-state index contributed by atoms with van der Waals surface area (Å²) in [5, 5.41) is 4.34. The first kappa shape index (κ1) is 27.1. The first-order chi connectivity index (χ1) is 18.1. The molecular weight excluding hydrogens is 495 g/mol. The molecule has 0 aliphatic carbocycles. The number of rotatable bonds is 9. The summed E-state index contributed by atoms with van der Waals surface area (Å²) in [6.45, 7) is 4.57. The Morgan fingerprint density at radius 1 is 1.08 bits per heavy atom. The molecule has 10 heteroatoms. The van der Waals surface area contributed by atoms with Gasteiger partial charge in [-0.25, -0.2) is 4.79 Å². The molecule has 7 nitrogen and oxygen atoms in total. The minimum atomic E-state index is -4.50. The molecular formula is C28H30F3N5O2. The number of fused-ring (bicyclic) bond motifs is 1. The molecule has 1 unspecified atom stereocenters. The summed E-state index contributed by atoms with van der Waals surface area (Å²) in [7, 11) is 0. The van der Waals surface area contributed by atoms with E-state index in [4.69, 9.17) is 5.73 Å². The minimum Gasteiger partial charge on any atom is -0.330 e. The van der Waals surface area contributed by atoms with Crippen molar-refractivity contribution in [2.24, 2.45) is 5.73 Å². The van der Waals surface area contributed by atoms with E-state index in [-0.39, 0.29) is 24.3 Å². The number of hydrogen-bond donors (Lipinski definition) is 1. The third-order valence-corrected chi connectivity index (χ3v) is 6.49. The van der Waals surface area contributed by atoms with E-state index in [0.29, 0.717) is 36.3 Å². The van der Waals surface area contributed by atoms with Crippen molar-refractivity contribution in [1.82, 2.24) is 19.1 Å². The van der Waals surface area contributed by atoms with Gasteiger partial charge in [0.2, 0.25) is 0 Å². The van der Waals surface area contributed by atoms with Crippen LogP contribution in [-0.4, -0.2) is 38.1 Å². The van der Waals surface area contributed by atoms with Crippen LogP contribution in [0.4, 0.5) is 13.2 Å². The third kappa shape index (κ3) is 5.65. The Kier molecular flexibility index (Phi) is 8.01. The molecule has 0 radical (unpaired) electrons. The molecule has 2 heterocycles. The fourth-order valence-electron chi connectivity index (χ4n) is 4.65. The molecule has 1 atom stereocenters. The van der Waals surface area contributed by atoms with Crippen LogP contribution in [-0.2, 0) is 12.7 Å². The summed E-state index contributed by atoms with van der Waals surface area (Å²) < 4.78 is 42.2. The van der Waals surface area contributed by atoms with E-state index in [0.717, 1.165) is 17.7 Å². The van der Waals surface area contributed by atoms with Crippen molar-refractivity contribution in [1.29, 1.82) is 0 Å². The monoisotopic (exact) mass is 525 g/mol. The largest absolute Gasteiger partial charge is 0.416 e. The highest BCUT2D eigenvalue weighted by atomic mass is 19.4. The van der Waals surface area contributed by atoms with Crippen molar-refractivity contribution in [2.45, 2.75) is 45.5 Å². The topological polar surface area (TPSA) is 85.6 Å². The van der Waals surface area contributed by atoms with Crippen LogP contribution in [0.15, 0.2) is 71.5 Å². The zero-order chi connectivity index (χ0) is 27.4. The second-order valence-electron chi connectivity index (χ2n) is 9.19. The van der Waals surface area contributed by atoms with Gasteiger partial charge in [0, 0.05) is 17.8 Å². The number of alkyl halides is 3. The van der Waals surface area contributed by atoms with Gasteiger partial charge in [-0.15, -0.1) is 0 Å². The van der Waals surface area contributed by atoms with Crippen molar-refractivity contribution in [3.63, 3.8) is 0 Å². The summed E-state index contributed by atoms with van der Waals surface area (Å²) in [4.78, 5) is 28.9. The van der Waals surface area contributed by atoms with Crippen molar-refractivity contribution in [3.05, 3.63) is 105 Å². The molecule has 1 amide bonds. The highest BCUT2D eigenvalue weighted by Gasteiger charge is 2.32. The second kappa shape index (κ2) is 11.2. The Morgan fingerprint density at radius 3 is 2.37 bits per heavy atom. The van der Waals surface area contributed by atoms with Crippen molar-refractivity contribution in [2.75, 3.05) is 13.1 Å². The molecule has 0 spiro atoms. The van der Waals surface area contributed by atoms with Crippen LogP contribution in [0.3, 0.4) is 0 Å². The van der Waals surface area contributed by atoms with E-state index >= 15 is 0 Å². The van der Waals surface area contributed by atoms with Crippen LogP contribution < -0.4 is 11.4 Å². The van der Waals surface area contributed by atoms with Gasteiger partial charge in [-0.1, -0.05) is 37.3 Å². The van der Waals surface area contributed by atoms with Gasteiger partial charge < -0.3 is 10.6 Å². The van der Waals surface area contributed by atoms with E-state index < -0.39 is 23.7 Å². The van der Waals surface area contributed by atoms with Crippen LogP contribution in [0.2, 0.25) is 0 Å². The number of amides is 1. The van der Waals surface area contributed by atoms with Crippen LogP contribution in [0, 0.1) is 6.92 Å². The lowest BCUT2D eigenvalue weighted by molar-refractivity contribution is -0.137. The average Bonchev–Trinajstić information content (AvgIpc) is 3.28. The van der Waals surface area contributed by atoms with Gasteiger partial charge in [0.1, 0.15) is 0 Å². The van der Waals surface area contributed by atoms with E-state index in [9.17, 15) is 22.8 Å². The lowest BCUT2D eigenvalue weighted by Crippen LogP contribution is -2.40. The zero-order valence-electron chi connectivity index (χ0n) is 21.3. The average molecular weight is 526 g/mol. The molecule has 4 aromatic rings. The normalized spacial score (nSPS) is 12.6. The molecule has 2 aromatic heterocycles. The number of benzene rings is 2. The first-order valence-electron chi connectivity index (χ1n) is 12.5. The molecule has 38 heavy (non-hydrogen) atoms. The van der Waals surface area contributed by atoms with Gasteiger partial charge in [-0.3, -0.25) is 9.36 Å². The van der Waals surface area contributed by atoms with E-state index in [1.54, 1.807) is 22.5 Å². The van der Waals surface area contributed by atoms with Crippen LogP contribution in [0.1, 0.15) is 58.7 Å². The smallest absolute Gasteiger partial charge is 0.330 e. The first-order valence-corrected chi connectivity index (χ1v) is 12.5. The Balaban J connectivity index is 1.83. The number of nitrogens with zero attached hydrogens (tertiary/aromatic N) is 4. The van der Waals surface area contributed by atoms with Crippen LogP contribution in [0.25, 0.3) is 5.52 Å². The van der Waals surface area contributed by atoms with Gasteiger partial charge in [-0.2, -0.15) is 22.8 Å². The number of nitrogens with two attached hydrogens (primary N) is 1. The van der Waals surface area contributed by atoms with Gasteiger partial charge in [0.15, 0.2) is 0 Å². The molecule has 0 bridgehead atoms. The SMILES string of the molecule is CCC(c1cc2cc(C)nn2c(=O)n1Cc1ccccc1)N(CCCN)C(=O)c1ccc(C(F)(F)F)cc1. The van der Waals surface area contributed by atoms with Crippen molar-refractivity contribution in [3.8, 4) is 0 Å². The fourth-order valence-corrected chi connectivity index (χ4v) is 4.65. The maximum Gasteiger partial charge on any atom is 0.416 e. The molecule has 0 fully saturated rings. The number of carbonyl (C=O) groups excluding carboxylic acids is 1. The quantitative estimate of drug-likeness (QED) is 0.340. The summed E-state index contributed by atoms with van der Waals surface area (Å²) in [6, 6.07) is 16.8. The minimum absolute atomic E-state index is 0.131. The number of halogens is 3. The van der Waals surface area contributed by atoms with Crippen molar-refractivity contribution >= 4 is 11.4 Å². The predicted octanol–water partition coefficient (Wildman–Crippen LogP) is 4.81. The summed E-state index contributed by atoms with van der Waals surface area (Å²) >= 11 is 0. The molecule has 200 valence electrons. The highest BCUT2D eigenvalue weighted by molar-refractivity contribution is 5.94. The Hall–Kier alpha value is -3.92. The van der Waals surface area contributed by atoms with Gasteiger partial charge in [-0.05, 0) is 68.3 Å². The third-order valence-electron chi connectivity index (χ3n) is 6.49. The number of aromatic nitrogens is 3. The van der Waals surface area contributed by atoms with Crippen LogP contribution in [0.5, 0.6) is 0 Å². The molecule has 2 aromatic carbocycles. The van der Waals surface area contributed by atoms with Crippen LogP contribution >= 0.6 is 0 Å². The lowest BCUT2D eigenvalue weighted by atomic mass is 10.0. The fraction of sp³-hybridized carbons (Fsp3) is 0.321. The lowest BCUT2D eigenvalue weighted by Gasteiger charge is -2.33. The summed E-state index contributed by atoms with van der Waals surface area (Å²) in [5.74, 6) is -0.428. The van der Waals surface area contributed by atoms with Crippen molar-refractivity contribution < 1.29 is 18.0 Å². The maximum atomic E-state index is 13.7.